The number of anilines is 1. The number of ether oxygens (including phenoxy) is 2. The van der Waals surface area contributed by atoms with Crippen LogP contribution in [0.2, 0.25) is 10.0 Å². The molecule has 14 heteroatoms. The third-order valence-electron chi connectivity index (χ3n) is 8.18. The van der Waals surface area contributed by atoms with Gasteiger partial charge in [0.05, 0.1) is 45.3 Å². The van der Waals surface area contributed by atoms with Gasteiger partial charge in [-0.2, -0.15) is 10.4 Å². The molecular formula is C29H29Cl2N7O4S. The molecule has 224 valence electrons. The molecule has 1 N–H and O–H groups in total. The molecule has 2 fully saturated rings. The highest BCUT2D eigenvalue weighted by Gasteiger charge is 2.46. The molecule has 1 atom stereocenters. The summed E-state index contributed by atoms with van der Waals surface area (Å²) < 4.78 is 35.6. The zero-order valence-corrected chi connectivity index (χ0v) is 26.1. The van der Waals surface area contributed by atoms with Crippen LogP contribution in [0.1, 0.15) is 31.1 Å². The van der Waals surface area contributed by atoms with Crippen molar-refractivity contribution in [3.8, 4) is 28.8 Å². The average molecular weight is 643 g/mol. The van der Waals surface area contributed by atoms with Crippen molar-refractivity contribution in [2.75, 3.05) is 49.7 Å². The zero-order chi connectivity index (χ0) is 30.5. The predicted octanol–water partition coefficient (Wildman–Crippen LogP) is 4.66. The van der Waals surface area contributed by atoms with E-state index in [1.807, 2.05) is 13.0 Å². The Labute approximate surface area is 259 Å². The largest absolute Gasteiger partial charge is 0.493 e. The smallest absolute Gasteiger partial charge is 0.162 e. The lowest BCUT2D eigenvalue weighted by Gasteiger charge is -2.55. The number of aromatic nitrogens is 4. The number of nitrogens with zero attached hydrogens (tertiary/aromatic N) is 6. The van der Waals surface area contributed by atoms with Gasteiger partial charge in [-0.25, -0.2) is 13.4 Å². The van der Waals surface area contributed by atoms with Crippen molar-refractivity contribution in [2.45, 2.75) is 25.5 Å². The predicted molar refractivity (Wildman–Crippen MR) is 165 cm³/mol. The summed E-state index contributed by atoms with van der Waals surface area (Å²) in [6.45, 7) is 6.32. The van der Waals surface area contributed by atoms with Crippen LogP contribution in [0.25, 0.3) is 22.2 Å². The monoisotopic (exact) mass is 641 g/mol. The first-order valence-electron chi connectivity index (χ1n) is 13.6. The minimum absolute atomic E-state index is 0.168. The maximum atomic E-state index is 11.9. The third-order valence-corrected chi connectivity index (χ3v) is 10.4. The van der Waals surface area contributed by atoms with Crippen LogP contribution in [0.15, 0.2) is 36.8 Å². The number of hydrogen-bond acceptors (Lipinski definition) is 10. The fourth-order valence-corrected chi connectivity index (χ4v) is 7.73. The molecule has 0 aliphatic carbocycles. The fourth-order valence-electron chi connectivity index (χ4n) is 5.85. The maximum absolute atomic E-state index is 11.9. The number of halogens is 2. The Morgan fingerprint density at radius 1 is 1.09 bits per heavy atom. The van der Waals surface area contributed by atoms with Crippen molar-refractivity contribution in [3.05, 3.63) is 58.0 Å². The molecule has 0 radical (unpaired) electrons. The number of aromatic amines is 1. The van der Waals surface area contributed by atoms with Gasteiger partial charge in [-0.3, -0.25) is 15.0 Å². The van der Waals surface area contributed by atoms with Gasteiger partial charge in [0, 0.05) is 67.3 Å². The topological polar surface area (TPSA) is 137 Å². The Bertz CT molecular complexity index is 1830. The second-order valence-corrected chi connectivity index (χ2v) is 14.2. The van der Waals surface area contributed by atoms with Gasteiger partial charge in [-0.1, -0.05) is 23.2 Å². The molecule has 0 unspecified atom stereocenters. The first kappa shape index (κ1) is 29.4. The van der Waals surface area contributed by atoms with Crippen LogP contribution in [0.4, 0.5) is 5.82 Å². The van der Waals surface area contributed by atoms with E-state index in [9.17, 15) is 13.7 Å². The van der Waals surface area contributed by atoms with Crippen molar-refractivity contribution in [2.24, 2.45) is 0 Å². The Hall–Kier alpha value is -3.63. The molecule has 0 saturated carbocycles. The van der Waals surface area contributed by atoms with Gasteiger partial charge in [0.1, 0.15) is 23.7 Å². The van der Waals surface area contributed by atoms with E-state index >= 15 is 0 Å². The molecule has 2 aliphatic rings. The zero-order valence-electron chi connectivity index (χ0n) is 23.8. The van der Waals surface area contributed by atoms with Gasteiger partial charge in [0.25, 0.3) is 0 Å². The Kier molecular flexibility index (Phi) is 7.62. The highest BCUT2D eigenvalue weighted by molar-refractivity contribution is 7.91. The van der Waals surface area contributed by atoms with Crippen LogP contribution in [0.3, 0.4) is 0 Å². The molecule has 5 heterocycles. The SMILES string of the molecule is COc1cc2[nH]nc(-c3cnc(N4CC(C)(N5CCS(=O)(=O)CC5)C4)c(C#N)c3)c2cc1O[C@H](C)c1c(Cl)cncc1Cl. The number of H-pyrrole nitrogens is 1. The summed E-state index contributed by atoms with van der Waals surface area (Å²) in [4.78, 5) is 13.0. The first-order chi connectivity index (χ1) is 20.5. The lowest BCUT2D eigenvalue weighted by molar-refractivity contribution is 0.0835. The summed E-state index contributed by atoms with van der Waals surface area (Å²) in [6, 6.07) is 7.69. The van der Waals surface area contributed by atoms with Crippen LogP contribution < -0.4 is 14.4 Å². The lowest BCUT2D eigenvalue weighted by atomic mass is 9.89. The molecule has 2 aliphatic heterocycles. The molecule has 3 aromatic heterocycles. The van der Waals surface area contributed by atoms with E-state index < -0.39 is 15.9 Å². The molecule has 0 bridgehead atoms. The number of benzene rings is 1. The molecule has 0 amide bonds. The molecule has 2 saturated heterocycles. The van der Waals surface area contributed by atoms with Crippen LogP contribution in [0, 0.1) is 11.3 Å². The van der Waals surface area contributed by atoms with Crippen LogP contribution >= 0.6 is 23.2 Å². The van der Waals surface area contributed by atoms with Gasteiger partial charge in [-0.05, 0) is 26.0 Å². The van der Waals surface area contributed by atoms with Gasteiger partial charge >= 0.3 is 0 Å². The van der Waals surface area contributed by atoms with E-state index in [0.717, 1.165) is 10.9 Å². The molecule has 11 nitrogen and oxygen atoms in total. The molecule has 0 spiro atoms. The number of methoxy groups -OCH3 is 1. The van der Waals surface area contributed by atoms with Crippen LogP contribution in [0.5, 0.6) is 11.5 Å². The minimum Gasteiger partial charge on any atom is -0.493 e. The minimum atomic E-state index is -2.95. The van der Waals surface area contributed by atoms with Crippen LogP contribution in [-0.4, -0.2) is 83.8 Å². The van der Waals surface area contributed by atoms with E-state index in [0.29, 0.717) is 75.9 Å². The molecule has 43 heavy (non-hydrogen) atoms. The molecule has 1 aromatic carbocycles. The van der Waals surface area contributed by atoms with Gasteiger partial charge in [0.2, 0.25) is 0 Å². The number of fused-ring (bicyclic) bond motifs is 1. The van der Waals surface area contributed by atoms with Gasteiger partial charge in [0.15, 0.2) is 21.3 Å². The summed E-state index contributed by atoms with van der Waals surface area (Å²) in [6.07, 6.45) is 4.23. The van der Waals surface area contributed by atoms with E-state index in [4.69, 9.17) is 32.7 Å². The highest BCUT2D eigenvalue weighted by atomic mass is 35.5. The summed E-state index contributed by atoms with van der Waals surface area (Å²) in [7, 11) is -1.40. The van der Waals surface area contributed by atoms with E-state index in [1.54, 1.807) is 25.4 Å². The summed E-state index contributed by atoms with van der Waals surface area (Å²) >= 11 is 12.7. The summed E-state index contributed by atoms with van der Waals surface area (Å²) in [5.41, 5.74) is 2.86. The third kappa shape index (κ3) is 5.47. The second-order valence-electron chi connectivity index (χ2n) is 11.1. The number of rotatable bonds is 7. The van der Waals surface area contributed by atoms with E-state index in [2.05, 4.69) is 43.0 Å². The average Bonchev–Trinajstić information content (AvgIpc) is 3.37. The summed E-state index contributed by atoms with van der Waals surface area (Å²) in [5.74, 6) is 1.91. The molecule has 4 aromatic rings. The Morgan fingerprint density at radius 3 is 2.44 bits per heavy atom. The molecule has 6 rings (SSSR count). The van der Waals surface area contributed by atoms with E-state index in [1.165, 1.54) is 12.4 Å². The van der Waals surface area contributed by atoms with Crippen LogP contribution in [-0.2, 0) is 9.84 Å². The quantitative estimate of drug-likeness (QED) is 0.303. The lowest BCUT2D eigenvalue weighted by Crippen LogP contribution is -2.70. The first-order valence-corrected chi connectivity index (χ1v) is 16.2. The number of nitriles is 1. The van der Waals surface area contributed by atoms with Crippen molar-refractivity contribution in [1.82, 2.24) is 25.1 Å². The number of pyridine rings is 2. The number of nitrogens with one attached hydrogen (secondary N) is 1. The maximum Gasteiger partial charge on any atom is 0.162 e. The summed E-state index contributed by atoms with van der Waals surface area (Å²) in [5, 5.41) is 19.1. The van der Waals surface area contributed by atoms with Crippen molar-refractivity contribution in [3.63, 3.8) is 0 Å². The van der Waals surface area contributed by atoms with Crippen molar-refractivity contribution in [1.29, 1.82) is 5.26 Å². The fraction of sp³-hybridized carbons (Fsp3) is 0.379. The van der Waals surface area contributed by atoms with Gasteiger partial charge < -0.3 is 14.4 Å². The van der Waals surface area contributed by atoms with Crippen molar-refractivity contribution < 1.29 is 17.9 Å². The molecular weight excluding hydrogens is 613 g/mol. The van der Waals surface area contributed by atoms with E-state index in [-0.39, 0.29) is 17.0 Å². The number of hydrogen-bond donors (Lipinski definition) is 1. The Morgan fingerprint density at radius 2 is 1.79 bits per heavy atom. The Balaban J connectivity index is 1.26. The van der Waals surface area contributed by atoms with Gasteiger partial charge in [-0.15, -0.1) is 0 Å². The number of sulfone groups is 1. The highest BCUT2D eigenvalue weighted by Crippen LogP contribution is 2.41. The standard InChI is InChI=1S/C29H29Cl2N7O4S/c1-17(26-21(30)13-33-14-22(26)31)42-25-9-20-23(10-24(25)41-3)35-36-27(20)19-8-18(11-32)28(34-12-19)37-15-29(2,16-37)38-4-6-43(39,40)7-5-38/h8-10,12-14,17H,4-7,15-16H2,1-3H3,(H,35,36)/t17-/m1/s1. The van der Waals surface area contributed by atoms with Crippen molar-refractivity contribution >= 4 is 49.8 Å². The second kappa shape index (κ2) is 11.1. The normalized spacial score (nSPS) is 18.6.